The molecule has 0 heterocycles. The summed E-state index contributed by atoms with van der Waals surface area (Å²) in [5.41, 5.74) is 1.32. The Balaban J connectivity index is 2.99. The van der Waals surface area contributed by atoms with E-state index in [1.54, 1.807) is 18.2 Å². The van der Waals surface area contributed by atoms with Gasteiger partial charge < -0.3 is 5.11 Å². The van der Waals surface area contributed by atoms with Crippen LogP contribution in [0.3, 0.4) is 0 Å². The molecule has 1 N–H and O–H groups in total. The van der Waals surface area contributed by atoms with Crippen molar-refractivity contribution in [2.45, 2.75) is 18.7 Å². The van der Waals surface area contributed by atoms with Crippen molar-refractivity contribution in [3.63, 3.8) is 0 Å². The Morgan fingerprint density at radius 2 is 2.12 bits per heavy atom. The summed E-state index contributed by atoms with van der Waals surface area (Å²) < 4.78 is 0.652. The molecule has 0 aliphatic carbocycles. The molecule has 0 saturated heterocycles. The Labute approximate surface area is 107 Å². The zero-order valence-electron chi connectivity index (χ0n) is 8.54. The van der Waals surface area contributed by atoms with Gasteiger partial charge in [0.1, 0.15) is 5.38 Å². The molecule has 0 aliphatic heterocycles. The molecule has 1 aromatic rings. The van der Waals surface area contributed by atoms with Crippen LogP contribution < -0.4 is 0 Å². The summed E-state index contributed by atoms with van der Waals surface area (Å²) >= 11 is 9.14. The van der Waals surface area contributed by atoms with Gasteiger partial charge in [-0.05, 0) is 24.1 Å². The topological polar surface area (TPSA) is 54.4 Å². The lowest BCUT2D eigenvalue weighted by Crippen LogP contribution is -2.04. The molecule has 0 aliphatic rings. The molecule has 0 saturated carbocycles. The van der Waals surface area contributed by atoms with Crippen molar-refractivity contribution in [1.82, 2.24) is 0 Å². The maximum atomic E-state index is 11.1. The van der Waals surface area contributed by atoms with E-state index in [-0.39, 0.29) is 12.2 Å². The highest BCUT2D eigenvalue weighted by atomic mass is 79.9. The highest BCUT2D eigenvalue weighted by Gasteiger charge is 2.14. The predicted molar refractivity (Wildman–Crippen MR) is 64.8 cm³/mol. The molecule has 0 spiro atoms. The van der Waals surface area contributed by atoms with Crippen molar-refractivity contribution in [2.75, 3.05) is 0 Å². The number of aliphatic carboxylic acids is 1. The average molecular weight is 306 g/mol. The van der Waals surface area contributed by atoms with Crippen molar-refractivity contribution in [3.05, 3.63) is 33.8 Å². The average Bonchev–Trinajstić information content (AvgIpc) is 2.19. The molecule has 0 radical (unpaired) electrons. The Bertz CT molecular complexity index is 431. The first-order chi connectivity index (χ1) is 7.41. The van der Waals surface area contributed by atoms with Crippen molar-refractivity contribution in [1.29, 1.82) is 0 Å². The van der Waals surface area contributed by atoms with Gasteiger partial charge in [0.25, 0.3) is 0 Å². The zero-order chi connectivity index (χ0) is 12.3. The molecule has 1 unspecified atom stereocenters. The van der Waals surface area contributed by atoms with E-state index in [1.807, 2.05) is 0 Å². The van der Waals surface area contributed by atoms with E-state index in [2.05, 4.69) is 15.9 Å². The molecule has 3 nitrogen and oxygen atoms in total. The fourth-order valence-electron chi connectivity index (χ4n) is 1.26. The summed E-state index contributed by atoms with van der Waals surface area (Å²) in [7, 11) is 0. The van der Waals surface area contributed by atoms with Crippen LogP contribution in [-0.2, 0) is 16.0 Å². The van der Waals surface area contributed by atoms with E-state index >= 15 is 0 Å². The minimum Gasteiger partial charge on any atom is -0.481 e. The maximum Gasteiger partial charge on any atom is 0.307 e. The predicted octanol–water partition coefficient (Wildman–Crippen LogP) is 2.95. The highest BCUT2D eigenvalue weighted by molar-refractivity contribution is 9.10. The smallest absolute Gasteiger partial charge is 0.307 e. The van der Waals surface area contributed by atoms with Gasteiger partial charge in [-0.3, -0.25) is 9.59 Å². The number of alkyl halides is 1. The molecule has 1 aromatic carbocycles. The Morgan fingerprint density at radius 3 is 2.56 bits per heavy atom. The molecule has 0 bridgehead atoms. The first kappa shape index (κ1) is 13.2. The Morgan fingerprint density at radius 1 is 1.50 bits per heavy atom. The van der Waals surface area contributed by atoms with E-state index < -0.39 is 11.3 Å². The van der Waals surface area contributed by atoms with Crippen LogP contribution in [0.4, 0.5) is 0 Å². The molecule has 0 fully saturated rings. The van der Waals surface area contributed by atoms with Crippen molar-refractivity contribution in [3.8, 4) is 0 Å². The van der Waals surface area contributed by atoms with Crippen LogP contribution in [0.15, 0.2) is 22.7 Å². The first-order valence-electron chi connectivity index (χ1n) is 4.56. The second kappa shape index (κ2) is 5.46. The molecule has 86 valence electrons. The van der Waals surface area contributed by atoms with Gasteiger partial charge in [0.05, 0.1) is 6.42 Å². The lowest BCUT2D eigenvalue weighted by molar-refractivity contribution is -0.136. The standard InChI is InChI=1S/C11H10BrClO3/c1-6(14)11(13)8-3-2-7(5-10(15)16)9(12)4-8/h2-4,11H,5H2,1H3,(H,15,16). The maximum absolute atomic E-state index is 11.1. The molecular formula is C11H10BrClO3. The highest BCUT2D eigenvalue weighted by Crippen LogP contribution is 2.27. The van der Waals surface area contributed by atoms with E-state index in [0.29, 0.717) is 15.6 Å². The molecule has 0 amide bonds. The molecule has 1 atom stereocenters. The number of carbonyl (C=O) groups excluding carboxylic acids is 1. The van der Waals surface area contributed by atoms with Crippen molar-refractivity contribution >= 4 is 39.3 Å². The number of hydrogen-bond donors (Lipinski definition) is 1. The Hall–Kier alpha value is -0.870. The zero-order valence-corrected chi connectivity index (χ0v) is 10.9. The lowest BCUT2D eigenvalue weighted by atomic mass is 10.1. The third-order valence-corrected chi connectivity index (χ3v) is 3.37. The van der Waals surface area contributed by atoms with E-state index in [0.717, 1.165) is 0 Å². The lowest BCUT2D eigenvalue weighted by Gasteiger charge is -2.08. The first-order valence-corrected chi connectivity index (χ1v) is 5.79. The molecular weight excluding hydrogens is 295 g/mol. The number of carbonyl (C=O) groups is 2. The van der Waals surface area contributed by atoms with E-state index in [9.17, 15) is 9.59 Å². The number of ketones is 1. The number of benzene rings is 1. The SMILES string of the molecule is CC(=O)C(Cl)c1ccc(CC(=O)O)c(Br)c1. The van der Waals surface area contributed by atoms with Crippen LogP contribution >= 0.6 is 27.5 Å². The van der Waals surface area contributed by atoms with Crippen LogP contribution in [0.5, 0.6) is 0 Å². The third kappa shape index (κ3) is 3.32. The normalized spacial score (nSPS) is 12.2. The van der Waals surface area contributed by atoms with Crippen LogP contribution in [0.25, 0.3) is 0 Å². The monoisotopic (exact) mass is 304 g/mol. The summed E-state index contributed by atoms with van der Waals surface area (Å²) in [5.74, 6) is -1.04. The van der Waals surface area contributed by atoms with Crippen LogP contribution in [0, 0.1) is 0 Å². The number of rotatable bonds is 4. The van der Waals surface area contributed by atoms with Gasteiger partial charge in [-0.25, -0.2) is 0 Å². The molecule has 16 heavy (non-hydrogen) atoms. The summed E-state index contributed by atoms with van der Waals surface area (Å²) in [6.45, 7) is 1.41. The quantitative estimate of drug-likeness (QED) is 0.870. The number of hydrogen-bond acceptors (Lipinski definition) is 2. The van der Waals surface area contributed by atoms with Gasteiger partial charge in [0, 0.05) is 4.47 Å². The Kier molecular flexibility index (Phi) is 4.50. The fourth-order valence-corrected chi connectivity index (χ4v) is 1.93. The van der Waals surface area contributed by atoms with Crippen molar-refractivity contribution < 1.29 is 14.7 Å². The van der Waals surface area contributed by atoms with E-state index in [1.165, 1.54) is 6.92 Å². The summed E-state index contributed by atoms with van der Waals surface area (Å²) in [5, 5.41) is 7.97. The van der Waals surface area contributed by atoms with Gasteiger partial charge in [0.15, 0.2) is 5.78 Å². The summed E-state index contributed by atoms with van der Waals surface area (Å²) in [6.07, 6.45) is -0.0616. The minimum absolute atomic E-state index is 0.0616. The number of halogens is 2. The number of Topliss-reactive ketones (excluding diaryl/α,β-unsaturated/α-hetero) is 1. The fraction of sp³-hybridized carbons (Fsp3) is 0.273. The number of carboxylic acid groups (broad SMARTS) is 1. The van der Waals surface area contributed by atoms with Gasteiger partial charge in [-0.1, -0.05) is 28.1 Å². The van der Waals surface area contributed by atoms with Crippen molar-refractivity contribution in [2.24, 2.45) is 0 Å². The third-order valence-electron chi connectivity index (χ3n) is 2.07. The second-order valence-corrected chi connectivity index (χ2v) is 4.69. The molecule has 0 aromatic heterocycles. The van der Waals surface area contributed by atoms with Crippen LogP contribution in [0.1, 0.15) is 23.4 Å². The molecule has 1 rings (SSSR count). The second-order valence-electron chi connectivity index (χ2n) is 3.39. The van der Waals surface area contributed by atoms with Crippen LogP contribution in [0.2, 0.25) is 0 Å². The number of carboxylic acids is 1. The summed E-state index contributed by atoms with van der Waals surface area (Å²) in [6, 6.07) is 5.01. The molecule has 5 heteroatoms. The summed E-state index contributed by atoms with van der Waals surface area (Å²) in [4.78, 5) is 21.6. The van der Waals surface area contributed by atoms with Crippen LogP contribution in [-0.4, -0.2) is 16.9 Å². The van der Waals surface area contributed by atoms with Gasteiger partial charge in [0.2, 0.25) is 0 Å². The van der Waals surface area contributed by atoms with Gasteiger partial charge >= 0.3 is 5.97 Å². The largest absolute Gasteiger partial charge is 0.481 e. The minimum atomic E-state index is -0.901. The van der Waals surface area contributed by atoms with E-state index in [4.69, 9.17) is 16.7 Å². The van der Waals surface area contributed by atoms with Gasteiger partial charge in [-0.15, -0.1) is 11.6 Å². The van der Waals surface area contributed by atoms with Gasteiger partial charge in [-0.2, -0.15) is 0 Å².